The number of benzene rings is 1. The maximum absolute atomic E-state index is 11.4. The van der Waals surface area contributed by atoms with E-state index in [-0.39, 0.29) is 17.5 Å². The van der Waals surface area contributed by atoms with Gasteiger partial charge < -0.3 is 4.74 Å². The van der Waals surface area contributed by atoms with Crippen LogP contribution in [0.15, 0.2) is 24.3 Å². The first-order valence-corrected chi connectivity index (χ1v) is 8.36. The fraction of sp³-hybridized carbons (Fsp3) is 0.500. The van der Waals surface area contributed by atoms with E-state index in [1.165, 1.54) is 0 Å². The Hall–Kier alpha value is -1.58. The van der Waals surface area contributed by atoms with Crippen LogP contribution in [0.1, 0.15) is 12.0 Å². The molecule has 0 N–H and O–H groups in total. The molecular weight excluding hydrogens is 276 g/mol. The second kappa shape index (κ2) is 6.25. The van der Waals surface area contributed by atoms with E-state index < -0.39 is 9.84 Å². The van der Waals surface area contributed by atoms with Gasteiger partial charge in [-0.1, -0.05) is 6.07 Å². The minimum absolute atomic E-state index is 0.0917. The summed E-state index contributed by atoms with van der Waals surface area (Å²) >= 11 is 0. The van der Waals surface area contributed by atoms with Crippen LogP contribution in [0, 0.1) is 11.3 Å². The molecule has 1 saturated heterocycles. The molecule has 1 heterocycles. The average molecular weight is 294 g/mol. The first-order valence-electron chi connectivity index (χ1n) is 6.54. The third-order valence-electron chi connectivity index (χ3n) is 3.51. The molecular formula is C14H18N2O3S. The van der Waals surface area contributed by atoms with E-state index in [4.69, 9.17) is 10.00 Å². The zero-order chi connectivity index (χ0) is 14.6. The van der Waals surface area contributed by atoms with Crippen molar-refractivity contribution in [2.45, 2.75) is 12.5 Å². The zero-order valence-corrected chi connectivity index (χ0v) is 12.3. The second-order valence-electron chi connectivity index (χ2n) is 5.03. The summed E-state index contributed by atoms with van der Waals surface area (Å²) in [5, 5.41) is 8.80. The van der Waals surface area contributed by atoms with Gasteiger partial charge in [-0.25, -0.2) is 8.42 Å². The van der Waals surface area contributed by atoms with Gasteiger partial charge in [0.25, 0.3) is 0 Å². The van der Waals surface area contributed by atoms with Gasteiger partial charge in [0, 0.05) is 12.6 Å². The lowest BCUT2D eigenvalue weighted by atomic mass is 10.2. The molecule has 20 heavy (non-hydrogen) atoms. The molecule has 0 saturated carbocycles. The van der Waals surface area contributed by atoms with Crippen molar-refractivity contribution in [1.29, 1.82) is 5.26 Å². The smallest absolute Gasteiger partial charge is 0.151 e. The number of hydrogen-bond acceptors (Lipinski definition) is 5. The summed E-state index contributed by atoms with van der Waals surface area (Å²) in [4.78, 5) is 2.03. The van der Waals surface area contributed by atoms with Crippen molar-refractivity contribution >= 4 is 9.84 Å². The van der Waals surface area contributed by atoms with Gasteiger partial charge in [-0.3, -0.25) is 4.90 Å². The largest absolute Gasteiger partial charge is 0.492 e. The van der Waals surface area contributed by atoms with Crippen molar-refractivity contribution in [3.63, 3.8) is 0 Å². The minimum atomic E-state index is -2.85. The van der Waals surface area contributed by atoms with Crippen LogP contribution in [0.5, 0.6) is 5.75 Å². The molecule has 1 fully saturated rings. The Bertz CT molecular complexity index is 607. The van der Waals surface area contributed by atoms with E-state index in [9.17, 15) is 8.42 Å². The molecule has 6 heteroatoms. The predicted molar refractivity (Wildman–Crippen MR) is 76.3 cm³/mol. The number of hydrogen-bond donors (Lipinski definition) is 0. The topological polar surface area (TPSA) is 70.4 Å². The van der Waals surface area contributed by atoms with Gasteiger partial charge in [0.15, 0.2) is 9.84 Å². The summed E-state index contributed by atoms with van der Waals surface area (Å²) in [6.45, 7) is 1.14. The van der Waals surface area contributed by atoms with Crippen molar-refractivity contribution in [1.82, 2.24) is 4.90 Å². The summed E-state index contributed by atoms with van der Waals surface area (Å²) in [6, 6.07) is 9.16. The van der Waals surface area contributed by atoms with Gasteiger partial charge in [-0.15, -0.1) is 0 Å². The highest BCUT2D eigenvalue weighted by Gasteiger charge is 2.30. The van der Waals surface area contributed by atoms with Crippen LogP contribution in [0.2, 0.25) is 0 Å². The molecule has 1 aromatic rings. The minimum Gasteiger partial charge on any atom is -0.492 e. The van der Waals surface area contributed by atoms with Gasteiger partial charge in [0.2, 0.25) is 0 Å². The quantitative estimate of drug-likeness (QED) is 0.812. The number of sulfone groups is 1. The Kier molecular flexibility index (Phi) is 4.63. The van der Waals surface area contributed by atoms with Gasteiger partial charge in [0.1, 0.15) is 12.4 Å². The fourth-order valence-corrected chi connectivity index (χ4v) is 4.07. The number of rotatable bonds is 5. The van der Waals surface area contributed by atoms with Crippen molar-refractivity contribution < 1.29 is 13.2 Å². The van der Waals surface area contributed by atoms with Crippen molar-refractivity contribution in [3.8, 4) is 11.8 Å². The van der Waals surface area contributed by atoms with Gasteiger partial charge in [-0.05, 0) is 31.7 Å². The maximum atomic E-state index is 11.4. The highest BCUT2D eigenvalue weighted by molar-refractivity contribution is 7.91. The summed E-state index contributed by atoms with van der Waals surface area (Å²) in [5.41, 5.74) is 0.567. The van der Waals surface area contributed by atoms with Crippen LogP contribution in [0.4, 0.5) is 0 Å². The Morgan fingerprint density at radius 3 is 2.95 bits per heavy atom. The molecule has 2 rings (SSSR count). The van der Waals surface area contributed by atoms with Gasteiger partial charge >= 0.3 is 0 Å². The second-order valence-corrected chi connectivity index (χ2v) is 7.25. The normalized spacial score (nSPS) is 20.8. The average Bonchev–Trinajstić information content (AvgIpc) is 2.79. The van der Waals surface area contributed by atoms with E-state index in [1.54, 1.807) is 24.3 Å². The molecule has 1 aromatic carbocycles. The Balaban J connectivity index is 1.80. The molecule has 1 atom stereocenters. The van der Waals surface area contributed by atoms with E-state index in [0.29, 0.717) is 30.9 Å². The summed E-state index contributed by atoms with van der Waals surface area (Å²) < 4.78 is 28.4. The number of nitriles is 1. The van der Waals surface area contributed by atoms with Crippen LogP contribution >= 0.6 is 0 Å². The third-order valence-corrected chi connectivity index (χ3v) is 5.26. The lowest BCUT2D eigenvalue weighted by Gasteiger charge is -2.22. The monoisotopic (exact) mass is 294 g/mol. The fourth-order valence-electron chi connectivity index (χ4n) is 2.27. The van der Waals surface area contributed by atoms with E-state index in [2.05, 4.69) is 6.07 Å². The molecule has 0 aliphatic carbocycles. The lowest BCUT2D eigenvalue weighted by molar-refractivity contribution is 0.202. The predicted octanol–water partition coefficient (Wildman–Crippen LogP) is 1.06. The molecule has 5 nitrogen and oxygen atoms in total. The Morgan fingerprint density at radius 1 is 1.50 bits per heavy atom. The summed E-state index contributed by atoms with van der Waals surface area (Å²) in [7, 11) is -0.928. The van der Waals surface area contributed by atoms with E-state index >= 15 is 0 Å². The van der Waals surface area contributed by atoms with Crippen LogP contribution in [-0.2, 0) is 9.84 Å². The van der Waals surface area contributed by atoms with E-state index in [1.807, 2.05) is 11.9 Å². The maximum Gasteiger partial charge on any atom is 0.151 e. The van der Waals surface area contributed by atoms with Crippen molar-refractivity contribution in [2.24, 2.45) is 0 Å². The molecule has 1 aliphatic heterocycles. The molecule has 1 aliphatic rings. The Labute approximate surface area is 119 Å². The van der Waals surface area contributed by atoms with Gasteiger partial charge in [-0.2, -0.15) is 5.26 Å². The number of likely N-dealkylation sites (N-methyl/N-ethyl adjacent to an activating group) is 1. The standard InChI is InChI=1S/C14H18N2O3S/c1-16(13-5-8-20(17,18)11-13)6-7-19-14-4-2-3-12(9-14)10-15/h2-4,9,13H,5-8,11H2,1H3. The Morgan fingerprint density at radius 2 is 2.30 bits per heavy atom. The van der Waals surface area contributed by atoms with Crippen LogP contribution in [-0.4, -0.2) is 51.1 Å². The van der Waals surface area contributed by atoms with Crippen molar-refractivity contribution in [2.75, 3.05) is 31.7 Å². The highest BCUT2D eigenvalue weighted by atomic mass is 32.2. The molecule has 1 unspecified atom stereocenters. The van der Waals surface area contributed by atoms with Crippen LogP contribution in [0.3, 0.4) is 0 Å². The SMILES string of the molecule is CN(CCOc1cccc(C#N)c1)C1CCS(=O)(=O)C1. The number of ether oxygens (including phenoxy) is 1. The first-order chi connectivity index (χ1) is 9.50. The highest BCUT2D eigenvalue weighted by Crippen LogP contribution is 2.17. The molecule has 0 aromatic heterocycles. The first kappa shape index (κ1) is 14.8. The number of nitrogens with zero attached hydrogens (tertiary/aromatic N) is 2. The molecule has 0 spiro atoms. The molecule has 0 bridgehead atoms. The van der Waals surface area contributed by atoms with Crippen LogP contribution < -0.4 is 4.74 Å². The molecule has 108 valence electrons. The summed E-state index contributed by atoms with van der Waals surface area (Å²) in [5.74, 6) is 1.19. The lowest BCUT2D eigenvalue weighted by Crippen LogP contribution is -2.35. The van der Waals surface area contributed by atoms with Gasteiger partial charge in [0.05, 0.1) is 23.1 Å². The molecule has 0 radical (unpaired) electrons. The zero-order valence-electron chi connectivity index (χ0n) is 11.4. The van der Waals surface area contributed by atoms with E-state index in [0.717, 1.165) is 0 Å². The molecule has 0 amide bonds. The van der Waals surface area contributed by atoms with Crippen molar-refractivity contribution in [3.05, 3.63) is 29.8 Å². The third kappa shape index (κ3) is 3.95. The van der Waals surface area contributed by atoms with Crippen LogP contribution in [0.25, 0.3) is 0 Å². The summed E-state index contributed by atoms with van der Waals surface area (Å²) in [6.07, 6.45) is 0.697.